The Balaban J connectivity index is 2.46. The third-order valence-corrected chi connectivity index (χ3v) is 5.65. The number of nitrogens with zero attached hydrogens (tertiary/aromatic N) is 1. The van der Waals surface area contributed by atoms with Crippen LogP contribution >= 0.6 is 11.3 Å². The minimum absolute atomic E-state index is 0.0810. The SMILES string of the molecule is CCC(C)c1csc(C(CC)(CC)c2ccccc2)n1. The third kappa shape index (κ3) is 2.67. The summed E-state index contributed by atoms with van der Waals surface area (Å²) in [5.41, 5.74) is 2.74. The average molecular weight is 287 g/mol. The summed E-state index contributed by atoms with van der Waals surface area (Å²) in [5, 5.41) is 3.54. The van der Waals surface area contributed by atoms with E-state index in [-0.39, 0.29) is 5.41 Å². The van der Waals surface area contributed by atoms with Crippen LogP contribution in [0.25, 0.3) is 0 Å². The van der Waals surface area contributed by atoms with Gasteiger partial charge in [-0.15, -0.1) is 11.3 Å². The van der Waals surface area contributed by atoms with Gasteiger partial charge in [0.2, 0.25) is 0 Å². The van der Waals surface area contributed by atoms with Gasteiger partial charge in [-0.1, -0.05) is 58.0 Å². The molecule has 0 bridgehead atoms. The summed E-state index contributed by atoms with van der Waals surface area (Å²) < 4.78 is 0. The Morgan fingerprint density at radius 3 is 2.30 bits per heavy atom. The summed E-state index contributed by atoms with van der Waals surface area (Å²) in [7, 11) is 0. The lowest BCUT2D eigenvalue weighted by atomic mass is 9.76. The highest BCUT2D eigenvalue weighted by atomic mass is 32.1. The molecule has 2 aromatic rings. The van der Waals surface area contributed by atoms with E-state index in [1.54, 1.807) is 0 Å². The fourth-order valence-electron chi connectivity index (χ4n) is 2.78. The molecule has 0 saturated carbocycles. The normalized spacial score (nSPS) is 13.4. The molecule has 0 amide bonds. The second-order valence-electron chi connectivity index (χ2n) is 5.54. The van der Waals surface area contributed by atoms with Crippen LogP contribution in [0.4, 0.5) is 0 Å². The molecule has 1 heterocycles. The van der Waals surface area contributed by atoms with E-state index in [1.807, 2.05) is 11.3 Å². The Labute approximate surface area is 127 Å². The first-order valence-electron chi connectivity index (χ1n) is 7.69. The van der Waals surface area contributed by atoms with Gasteiger partial charge in [-0.3, -0.25) is 0 Å². The zero-order chi connectivity index (χ0) is 14.6. The molecule has 0 spiro atoms. The van der Waals surface area contributed by atoms with Crippen LogP contribution in [-0.4, -0.2) is 4.98 Å². The molecule has 0 N–H and O–H groups in total. The van der Waals surface area contributed by atoms with Gasteiger partial charge >= 0.3 is 0 Å². The molecule has 108 valence electrons. The first-order chi connectivity index (χ1) is 9.67. The number of thiazole rings is 1. The second kappa shape index (κ2) is 6.53. The minimum Gasteiger partial charge on any atom is -0.245 e. The third-order valence-electron chi connectivity index (χ3n) is 4.58. The van der Waals surface area contributed by atoms with Crippen molar-refractivity contribution >= 4 is 11.3 Å². The molecular formula is C18H25NS. The van der Waals surface area contributed by atoms with Gasteiger partial charge in [0.15, 0.2) is 0 Å². The molecule has 0 aliphatic rings. The summed E-state index contributed by atoms with van der Waals surface area (Å²) in [6.07, 6.45) is 3.35. The molecule has 1 nitrogen and oxygen atoms in total. The van der Waals surface area contributed by atoms with Crippen LogP contribution < -0.4 is 0 Å². The van der Waals surface area contributed by atoms with E-state index in [0.29, 0.717) is 5.92 Å². The van der Waals surface area contributed by atoms with Gasteiger partial charge in [0, 0.05) is 10.8 Å². The average Bonchev–Trinajstić information content (AvgIpc) is 3.00. The van der Waals surface area contributed by atoms with E-state index in [9.17, 15) is 0 Å². The Morgan fingerprint density at radius 1 is 1.10 bits per heavy atom. The lowest BCUT2D eigenvalue weighted by Crippen LogP contribution is -2.26. The van der Waals surface area contributed by atoms with Crippen molar-refractivity contribution < 1.29 is 0 Å². The Bertz CT molecular complexity index is 525. The van der Waals surface area contributed by atoms with Crippen molar-refractivity contribution in [2.75, 3.05) is 0 Å². The highest BCUT2D eigenvalue weighted by Gasteiger charge is 2.33. The first kappa shape index (κ1) is 15.2. The number of rotatable bonds is 6. The predicted molar refractivity (Wildman–Crippen MR) is 88.6 cm³/mol. The van der Waals surface area contributed by atoms with E-state index in [1.165, 1.54) is 16.3 Å². The van der Waals surface area contributed by atoms with Gasteiger partial charge in [0.1, 0.15) is 5.01 Å². The van der Waals surface area contributed by atoms with E-state index in [4.69, 9.17) is 4.98 Å². The molecular weight excluding hydrogens is 262 g/mol. The van der Waals surface area contributed by atoms with Crippen molar-refractivity contribution in [2.24, 2.45) is 0 Å². The van der Waals surface area contributed by atoms with Crippen molar-refractivity contribution in [1.82, 2.24) is 4.98 Å². The minimum atomic E-state index is 0.0810. The maximum absolute atomic E-state index is 4.99. The van der Waals surface area contributed by atoms with Crippen molar-refractivity contribution in [3.8, 4) is 0 Å². The van der Waals surface area contributed by atoms with E-state index in [2.05, 4.69) is 63.4 Å². The summed E-state index contributed by atoms with van der Waals surface area (Å²) in [6, 6.07) is 10.9. The van der Waals surface area contributed by atoms with Crippen molar-refractivity contribution in [2.45, 2.75) is 58.3 Å². The maximum Gasteiger partial charge on any atom is 0.103 e. The van der Waals surface area contributed by atoms with Crippen LogP contribution in [0.5, 0.6) is 0 Å². The molecule has 0 aliphatic carbocycles. The Kier molecular flexibility index (Phi) is 4.98. The topological polar surface area (TPSA) is 12.9 Å². The first-order valence-corrected chi connectivity index (χ1v) is 8.57. The molecule has 1 unspecified atom stereocenters. The van der Waals surface area contributed by atoms with Crippen molar-refractivity contribution in [3.63, 3.8) is 0 Å². The van der Waals surface area contributed by atoms with Gasteiger partial charge in [-0.2, -0.15) is 0 Å². The zero-order valence-electron chi connectivity index (χ0n) is 13.0. The summed E-state index contributed by atoms with van der Waals surface area (Å²) in [5.74, 6) is 0.558. The Hall–Kier alpha value is -1.15. The fraction of sp³-hybridized carbons (Fsp3) is 0.500. The monoisotopic (exact) mass is 287 g/mol. The van der Waals surface area contributed by atoms with Gasteiger partial charge in [-0.05, 0) is 30.7 Å². The smallest absolute Gasteiger partial charge is 0.103 e. The van der Waals surface area contributed by atoms with Gasteiger partial charge in [0.05, 0.1) is 5.69 Å². The molecule has 0 aliphatic heterocycles. The lowest BCUT2D eigenvalue weighted by Gasteiger charge is -2.30. The molecule has 2 rings (SSSR count). The largest absolute Gasteiger partial charge is 0.245 e. The second-order valence-corrected chi connectivity index (χ2v) is 6.40. The predicted octanol–water partition coefficient (Wildman–Crippen LogP) is 5.76. The van der Waals surface area contributed by atoms with E-state index in [0.717, 1.165) is 19.3 Å². The summed E-state index contributed by atoms with van der Waals surface area (Å²) in [4.78, 5) is 4.99. The fourth-order valence-corrected chi connectivity index (χ4v) is 4.09. The lowest BCUT2D eigenvalue weighted by molar-refractivity contribution is 0.473. The van der Waals surface area contributed by atoms with Gasteiger partial charge < -0.3 is 0 Å². The van der Waals surface area contributed by atoms with Crippen LogP contribution in [-0.2, 0) is 5.41 Å². The molecule has 1 aromatic carbocycles. The number of hydrogen-bond acceptors (Lipinski definition) is 2. The van der Waals surface area contributed by atoms with Crippen LogP contribution in [0.15, 0.2) is 35.7 Å². The number of hydrogen-bond donors (Lipinski definition) is 0. The highest BCUT2D eigenvalue weighted by molar-refractivity contribution is 7.09. The van der Waals surface area contributed by atoms with Crippen molar-refractivity contribution in [3.05, 3.63) is 52.0 Å². The van der Waals surface area contributed by atoms with E-state index >= 15 is 0 Å². The van der Waals surface area contributed by atoms with E-state index < -0.39 is 0 Å². The standard InChI is InChI=1S/C18H25NS/c1-5-14(4)16-13-20-17(19-16)18(6-2,7-3)15-11-9-8-10-12-15/h8-14H,5-7H2,1-4H3. The molecule has 1 aromatic heterocycles. The molecule has 20 heavy (non-hydrogen) atoms. The van der Waals surface area contributed by atoms with Crippen LogP contribution in [0.3, 0.4) is 0 Å². The quantitative estimate of drug-likeness (QED) is 0.658. The van der Waals surface area contributed by atoms with Gasteiger partial charge in [-0.25, -0.2) is 4.98 Å². The maximum atomic E-state index is 4.99. The highest BCUT2D eigenvalue weighted by Crippen LogP contribution is 2.41. The molecule has 0 saturated heterocycles. The van der Waals surface area contributed by atoms with Crippen LogP contribution in [0, 0.1) is 0 Å². The Morgan fingerprint density at radius 2 is 1.75 bits per heavy atom. The number of benzene rings is 1. The zero-order valence-corrected chi connectivity index (χ0v) is 13.8. The van der Waals surface area contributed by atoms with Crippen LogP contribution in [0.2, 0.25) is 0 Å². The summed E-state index contributed by atoms with van der Waals surface area (Å²) >= 11 is 1.83. The molecule has 0 radical (unpaired) electrons. The molecule has 2 heteroatoms. The summed E-state index contributed by atoms with van der Waals surface area (Å²) in [6.45, 7) is 9.05. The van der Waals surface area contributed by atoms with Gasteiger partial charge in [0.25, 0.3) is 0 Å². The molecule has 0 fully saturated rings. The number of aromatic nitrogens is 1. The van der Waals surface area contributed by atoms with Crippen molar-refractivity contribution in [1.29, 1.82) is 0 Å². The molecule has 1 atom stereocenters. The van der Waals surface area contributed by atoms with Crippen LogP contribution in [0.1, 0.15) is 69.1 Å².